The van der Waals surface area contributed by atoms with Crippen LogP contribution in [0.25, 0.3) is 0 Å². The largest absolute Gasteiger partial charge is 0.397 e. The third-order valence-corrected chi connectivity index (χ3v) is 3.82. The predicted molar refractivity (Wildman–Crippen MR) is 74.6 cm³/mol. The summed E-state index contributed by atoms with van der Waals surface area (Å²) >= 11 is 5.01. The molecule has 3 N–H and O–H groups in total. The van der Waals surface area contributed by atoms with Gasteiger partial charge >= 0.3 is 0 Å². The Hall–Kier alpha value is -0.420. The van der Waals surface area contributed by atoms with E-state index in [4.69, 9.17) is 5.73 Å². The first-order valence-corrected chi connectivity index (χ1v) is 7.08. The Morgan fingerprint density at radius 3 is 2.88 bits per heavy atom. The zero-order valence-corrected chi connectivity index (χ0v) is 11.8. The molecule has 16 heavy (non-hydrogen) atoms. The molecule has 0 aliphatic rings. The number of nitrogens with one attached hydrogen (secondary N) is 1. The number of benzene rings is 1. The Kier molecular flexibility index (Phi) is 5.41. The van der Waals surface area contributed by atoms with Crippen molar-refractivity contribution in [1.82, 2.24) is 0 Å². The number of hydrogen-bond donors (Lipinski definition) is 2. The summed E-state index contributed by atoms with van der Waals surface area (Å²) in [4.78, 5) is 0. The van der Waals surface area contributed by atoms with E-state index in [-0.39, 0.29) is 5.82 Å². The van der Waals surface area contributed by atoms with E-state index in [0.717, 1.165) is 17.2 Å². The van der Waals surface area contributed by atoms with Gasteiger partial charge in [-0.05, 0) is 34.7 Å². The second-order valence-electron chi connectivity index (χ2n) is 3.56. The molecule has 1 aromatic rings. The van der Waals surface area contributed by atoms with Crippen LogP contribution in [0.5, 0.6) is 0 Å². The van der Waals surface area contributed by atoms with Crippen LogP contribution in [0.4, 0.5) is 15.8 Å². The average molecular weight is 307 g/mol. The molecule has 0 saturated carbocycles. The zero-order valence-electron chi connectivity index (χ0n) is 9.39. The van der Waals surface area contributed by atoms with Crippen LogP contribution in [-0.2, 0) is 0 Å². The Labute approximate surface area is 108 Å². The van der Waals surface area contributed by atoms with E-state index >= 15 is 0 Å². The van der Waals surface area contributed by atoms with Gasteiger partial charge < -0.3 is 11.1 Å². The molecule has 1 atom stereocenters. The van der Waals surface area contributed by atoms with Crippen molar-refractivity contribution < 1.29 is 4.39 Å². The number of halogens is 2. The average Bonchev–Trinajstić information content (AvgIpc) is 2.23. The second kappa shape index (κ2) is 6.35. The third-order valence-electron chi connectivity index (χ3n) is 2.07. The van der Waals surface area contributed by atoms with Gasteiger partial charge in [0.25, 0.3) is 0 Å². The van der Waals surface area contributed by atoms with Crippen molar-refractivity contribution in [1.29, 1.82) is 0 Å². The van der Waals surface area contributed by atoms with E-state index < -0.39 is 0 Å². The van der Waals surface area contributed by atoms with Crippen molar-refractivity contribution in [3.63, 3.8) is 0 Å². The van der Waals surface area contributed by atoms with E-state index in [9.17, 15) is 4.39 Å². The van der Waals surface area contributed by atoms with Crippen LogP contribution in [0.1, 0.15) is 13.8 Å². The summed E-state index contributed by atoms with van der Waals surface area (Å²) in [5, 5.41) is 3.27. The van der Waals surface area contributed by atoms with Crippen molar-refractivity contribution in [3.05, 3.63) is 22.4 Å². The topological polar surface area (TPSA) is 38.0 Å². The quantitative estimate of drug-likeness (QED) is 0.814. The second-order valence-corrected chi connectivity index (χ2v) is 5.73. The summed E-state index contributed by atoms with van der Waals surface area (Å²) in [6, 6.07) is 3.31. The van der Waals surface area contributed by atoms with Gasteiger partial charge in [0.05, 0.1) is 15.8 Å². The maximum absolute atomic E-state index is 13.1. The molecule has 0 amide bonds. The molecule has 5 heteroatoms. The highest BCUT2D eigenvalue weighted by Gasteiger charge is 2.08. The molecule has 0 aromatic heterocycles. The first kappa shape index (κ1) is 13.6. The molecule has 0 fully saturated rings. The summed E-state index contributed by atoms with van der Waals surface area (Å²) in [6.07, 6.45) is 0. The fourth-order valence-corrected chi connectivity index (χ4v) is 2.30. The lowest BCUT2D eigenvalue weighted by molar-refractivity contribution is 0.622. The smallest absolute Gasteiger partial charge is 0.139 e. The van der Waals surface area contributed by atoms with Crippen molar-refractivity contribution in [2.75, 3.05) is 22.6 Å². The summed E-state index contributed by atoms with van der Waals surface area (Å²) < 4.78 is 13.6. The lowest BCUT2D eigenvalue weighted by Crippen LogP contribution is -2.19. The van der Waals surface area contributed by atoms with Crippen LogP contribution in [-0.4, -0.2) is 17.5 Å². The summed E-state index contributed by atoms with van der Waals surface area (Å²) in [6.45, 7) is 4.21. The molecule has 2 nitrogen and oxygen atoms in total. The van der Waals surface area contributed by atoms with Gasteiger partial charge in [-0.2, -0.15) is 11.8 Å². The Morgan fingerprint density at radius 2 is 2.25 bits per heavy atom. The van der Waals surface area contributed by atoms with Crippen molar-refractivity contribution in [2.45, 2.75) is 19.9 Å². The lowest BCUT2D eigenvalue weighted by Gasteiger charge is -2.16. The van der Waals surface area contributed by atoms with Crippen LogP contribution in [0.2, 0.25) is 0 Å². The predicted octanol–water partition coefficient (Wildman–Crippen LogP) is 3.72. The zero-order chi connectivity index (χ0) is 12.1. The summed E-state index contributed by atoms with van der Waals surface area (Å²) in [7, 11) is 0. The highest BCUT2D eigenvalue weighted by Crippen LogP contribution is 2.27. The van der Waals surface area contributed by atoms with Crippen LogP contribution in [0, 0.1) is 5.82 Å². The Balaban J connectivity index is 2.69. The van der Waals surface area contributed by atoms with E-state index in [0.29, 0.717) is 16.2 Å². The van der Waals surface area contributed by atoms with Crippen LogP contribution in [0.15, 0.2) is 16.6 Å². The normalized spacial score (nSPS) is 12.5. The first-order chi connectivity index (χ1) is 7.54. The number of anilines is 2. The SMILES string of the molecule is CCSCC(C)Nc1cc(Br)c(F)cc1N. The molecular weight excluding hydrogens is 291 g/mol. The van der Waals surface area contributed by atoms with Crippen molar-refractivity contribution >= 4 is 39.1 Å². The van der Waals surface area contributed by atoms with Gasteiger partial charge in [0.2, 0.25) is 0 Å². The molecular formula is C11H16BrFN2S. The Bertz CT molecular complexity index is 360. The fraction of sp³-hybridized carbons (Fsp3) is 0.455. The standard InChI is InChI=1S/C11H16BrFN2S/c1-3-16-6-7(2)15-11-4-8(12)9(13)5-10(11)14/h4-5,7,15H,3,6,14H2,1-2H3. The molecule has 0 spiro atoms. The molecule has 90 valence electrons. The first-order valence-electron chi connectivity index (χ1n) is 5.13. The van der Waals surface area contributed by atoms with E-state index in [1.165, 1.54) is 6.07 Å². The number of nitrogen functional groups attached to an aromatic ring is 1. The van der Waals surface area contributed by atoms with E-state index in [1.54, 1.807) is 6.07 Å². The summed E-state index contributed by atoms with van der Waals surface area (Å²) in [5.74, 6) is 1.76. The van der Waals surface area contributed by atoms with E-state index in [2.05, 4.69) is 35.1 Å². The minimum atomic E-state index is -0.335. The van der Waals surface area contributed by atoms with Gasteiger partial charge in [-0.1, -0.05) is 6.92 Å². The fourth-order valence-electron chi connectivity index (χ4n) is 1.29. The van der Waals surface area contributed by atoms with Crippen LogP contribution in [0.3, 0.4) is 0 Å². The van der Waals surface area contributed by atoms with Gasteiger partial charge in [-0.3, -0.25) is 0 Å². The Morgan fingerprint density at radius 1 is 1.56 bits per heavy atom. The van der Waals surface area contributed by atoms with Crippen molar-refractivity contribution in [2.24, 2.45) is 0 Å². The molecule has 1 aromatic carbocycles. The molecule has 0 heterocycles. The monoisotopic (exact) mass is 306 g/mol. The molecule has 1 rings (SSSR count). The lowest BCUT2D eigenvalue weighted by atomic mass is 10.2. The number of rotatable bonds is 5. The molecule has 0 bridgehead atoms. The van der Waals surface area contributed by atoms with Crippen molar-refractivity contribution in [3.8, 4) is 0 Å². The van der Waals surface area contributed by atoms with Gasteiger partial charge in [-0.25, -0.2) is 4.39 Å². The van der Waals surface area contributed by atoms with Gasteiger partial charge in [0, 0.05) is 17.9 Å². The highest BCUT2D eigenvalue weighted by molar-refractivity contribution is 9.10. The number of nitrogens with two attached hydrogens (primary N) is 1. The molecule has 0 saturated heterocycles. The maximum Gasteiger partial charge on any atom is 0.139 e. The van der Waals surface area contributed by atoms with Gasteiger partial charge in [-0.15, -0.1) is 0 Å². The molecule has 0 aliphatic carbocycles. The minimum absolute atomic E-state index is 0.310. The minimum Gasteiger partial charge on any atom is -0.397 e. The summed E-state index contributed by atoms with van der Waals surface area (Å²) in [5.41, 5.74) is 6.95. The number of thioether (sulfide) groups is 1. The van der Waals surface area contributed by atoms with Gasteiger partial charge in [0.1, 0.15) is 5.82 Å². The maximum atomic E-state index is 13.1. The number of hydrogen-bond acceptors (Lipinski definition) is 3. The van der Waals surface area contributed by atoms with Crippen LogP contribution >= 0.6 is 27.7 Å². The highest BCUT2D eigenvalue weighted by atomic mass is 79.9. The van der Waals surface area contributed by atoms with Crippen LogP contribution < -0.4 is 11.1 Å². The van der Waals surface area contributed by atoms with Gasteiger partial charge in [0.15, 0.2) is 0 Å². The molecule has 1 unspecified atom stereocenters. The molecule has 0 aliphatic heterocycles. The molecule has 0 radical (unpaired) electrons. The third kappa shape index (κ3) is 3.87. The van der Waals surface area contributed by atoms with E-state index in [1.807, 2.05) is 11.8 Å².